The van der Waals surface area contributed by atoms with Crippen molar-refractivity contribution in [1.29, 1.82) is 0 Å². The van der Waals surface area contributed by atoms with Crippen LogP contribution in [0.3, 0.4) is 0 Å². The van der Waals surface area contributed by atoms with Crippen molar-refractivity contribution in [1.82, 2.24) is 21.3 Å². The van der Waals surface area contributed by atoms with Gasteiger partial charge in [0.05, 0.1) is 19.3 Å². The summed E-state index contributed by atoms with van der Waals surface area (Å²) in [6, 6.07) is 23.8. The molecular weight excluding hydrogens is 544 g/mol. The number of rotatable bonds is 16. The largest absolute Gasteiger partial charge is 0.392 e. The molecular formula is C34H44N4O5. The van der Waals surface area contributed by atoms with E-state index in [0.29, 0.717) is 25.3 Å². The minimum atomic E-state index is -0.896. The number of aliphatic hydroxyl groups excluding tert-OH is 1. The van der Waals surface area contributed by atoms with Crippen molar-refractivity contribution in [2.45, 2.75) is 65.0 Å². The summed E-state index contributed by atoms with van der Waals surface area (Å²) in [6.45, 7) is 8.75. The summed E-state index contributed by atoms with van der Waals surface area (Å²) in [5, 5.41) is 21.3. The molecule has 0 heterocycles. The van der Waals surface area contributed by atoms with Gasteiger partial charge in [-0.2, -0.15) is 0 Å². The molecule has 9 heteroatoms. The molecule has 0 aliphatic heterocycles. The van der Waals surface area contributed by atoms with Crippen LogP contribution in [0.2, 0.25) is 0 Å². The van der Waals surface area contributed by atoms with Gasteiger partial charge in [-0.05, 0) is 56.0 Å². The number of benzene rings is 3. The molecule has 0 fully saturated rings. The van der Waals surface area contributed by atoms with Gasteiger partial charge in [0.15, 0.2) is 0 Å². The van der Waals surface area contributed by atoms with Gasteiger partial charge in [0.2, 0.25) is 11.8 Å². The van der Waals surface area contributed by atoms with Crippen molar-refractivity contribution in [2.75, 3.05) is 19.7 Å². The van der Waals surface area contributed by atoms with Gasteiger partial charge in [0, 0.05) is 37.2 Å². The summed E-state index contributed by atoms with van der Waals surface area (Å²) < 4.78 is 5.82. The molecule has 0 saturated heterocycles. The second-order valence-electron chi connectivity index (χ2n) is 11.2. The van der Waals surface area contributed by atoms with Gasteiger partial charge in [0.1, 0.15) is 6.04 Å². The van der Waals surface area contributed by atoms with Crippen molar-refractivity contribution >= 4 is 17.7 Å². The fourth-order valence-electron chi connectivity index (χ4n) is 4.49. The maximum atomic E-state index is 13.2. The third kappa shape index (κ3) is 11.3. The molecule has 3 aromatic rings. The first-order valence-corrected chi connectivity index (χ1v) is 14.7. The lowest BCUT2D eigenvalue weighted by atomic mass is 9.98. The van der Waals surface area contributed by atoms with Crippen LogP contribution in [0.4, 0.5) is 0 Å². The first-order chi connectivity index (χ1) is 20.6. The zero-order valence-corrected chi connectivity index (χ0v) is 25.5. The summed E-state index contributed by atoms with van der Waals surface area (Å²) in [7, 11) is 0. The summed E-state index contributed by atoms with van der Waals surface area (Å²) in [5.74, 6) is -0.789. The highest BCUT2D eigenvalue weighted by Crippen LogP contribution is 2.24. The first-order valence-electron chi connectivity index (χ1n) is 14.7. The van der Waals surface area contributed by atoms with Crippen molar-refractivity contribution < 1.29 is 24.2 Å². The third-order valence-corrected chi connectivity index (χ3v) is 6.77. The van der Waals surface area contributed by atoms with Crippen LogP contribution < -0.4 is 21.3 Å². The van der Waals surface area contributed by atoms with Crippen molar-refractivity contribution in [2.24, 2.45) is 0 Å². The maximum absolute atomic E-state index is 13.2. The van der Waals surface area contributed by atoms with Gasteiger partial charge >= 0.3 is 0 Å². The molecule has 0 saturated carbocycles. The molecule has 0 unspecified atom stereocenters. The fraction of sp³-hybridized carbons (Fsp3) is 0.382. The number of carbonyl (C=O) groups is 3. The number of carbonyl (C=O) groups excluding carboxylic acids is 3. The molecule has 2 atom stereocenters. The average molecular weight is 589 g/mol. The monoisotopic (exact) mass is 588 g/mol. The minimum Gasteiger partial charge on any atom is -0.392 e. The number of hydrogen-bond donors (Lipinski definition) is 5. The zero-order chi connectivity index (χ0) is 31.2. The molecule has 3 amide bonds. The average Bonchev–Trinajstić information content (AvgIpc) is 2.99. The number of hydrogen-bond acceptors (Lipinski definition) is 6. The lowest BCUT2D eigenvalue weighted by molar-refractivity contribution is -0.131. The minimum absolute atomic E-state index is 0.00352. The maximum Gasteiger partial charge on any atom is 0.251 e. The van der Waals surface area contributed by atoms with E-state index < -0.39 is 17.7 Å². The van der Waals surface area contributed by atoms with Crippen LogP contribution in [0.1, 0.15) is 55.6 Å². The Kier molecular flexibility index (Phi) is 12.9. The predicted molar refractivity (Wildman–Crippen MR) is 168 cm³/mol. The van der Waals surface area contributed by atoms with E-state index in [-0.39, 0.29) is 37.3 Å². The molecule has 0 aliphatic carbocycles. The number of aliphatic hydroxyl groups is 1. The van der Waals surface area contributed by atoms with Crippen molar-refractivity contribution in [3.63, 3.8) is 0 Å². The lowest BCUT2D eigenvalue weighted by Crippen LogP contribution is -2.52. The van der Waals surface area contributed by atoms with Crippen LogP contribution in [0.5, 0.6) is 0 Å². The van der Waals surface area contributed by atoms with E-state index in [0.717, 1.165) is 22.3 Å². The Morgan fingerprint density at radius 3 is 2.23 bits per heavy atom. The van der Waals surface area contributed by atoms with E-state index in [1.165, 1.54) is 0 Å². The SMILES string of the molecule is CCNC(=O)c1ccccc1-c1ccc(CNC(=O)[C@@H](COCc2ccccc2)NC(=O)CC(C)(C)NC[C@@H](C)O)cc1. The first kappa shape index (κ1) is 33.5. The summed E-state index contributed by atoms with van der Waals surface area (Å²) in [6.07, 6.45) is -0.432. The highest BCUT2D eigenvalue weighted by atomic mass is 16.5. The molecule has 43 heavy (non-hydrogen) atoms. The van der Waals surface area contributed by atoms with Crippen LogP contribution in [-0.2, 0) is 27.5 Å². The number of amides is 3. The second-order valence-corrected chi connectivity index (χ2v) is 11.2. The van der Waals surface area contributed by atoms with Gasteiger partial charge in [-0.15, -0.1) is 0 Å². The molecule has 0 radical (unpaired) electrons. The van der Waals surface area contributed by atoms with Crippen LogP contribution >= 0.6 is 0 Å². The number of ether oxygens (including phenoxy) is 1. The molecule has 0 aliphatic rings. The highest BCUT2D eigenvalue weighted by Gasteiger charge is 2.26. The quantitative estimate of drug-likeness (QED) is 0.174. The van der Waals surface area contributed by atoms with Gasteiger partial charge in [0.25, 0.3) is 5.91 Å². The van der Waals surface area contributed by atoms with Crippen LogP contribution in [0.25, 0.3) is 11.1 Å². The van der Waals surface area contributed by atoms with Crippen LogP contribution in [-0.4, -0.2) is 60.2 Å². The molecule has 5 N–H and O–H groups in total. The Balaban J connectivity index is 1.64. The predicted octanol–water partition coefficient (Wildman–Crippen LogP) is 3.56. The molecule has 3 rings (SSSR count). The number of β-amino-alcohol motifs (C(OH)–C–C–N with tert-alkyl or cyclic N) is 1. The Labute approximate surface area is 254 Å². The van der Waals surface area contributed by atoms with E-state index in [1.54, 1.807) is 13.0 Å². The molecule has 9 nitrogen and oxygen atoms in total. The Morgan fingerprint density at radius 1 is 0.884 bits per heavy atom. The summed E-state index contributed by atoms with van der Waals surface area (Å²) >= 11 is 0. The van der Waals surface area contributed by atoms with E-state index >= 15 is 0 Å². The molecule has 3 aromatic carbocycles. The van der Waals surface area contributed by atoms with Gasteiger partial charge in [-0.3, -0.25) is 14.4 Å². The molecule has 230 valence electrons. The van der Waals surface area contributed by atoms with E-state index in [4.69, 9.17) is 4.74 Å². The smallest absolute Gasteiger partial charge is 0.251 e. The van der Waals surface area contributed by atoms with E-state index in [1.807, 2.05) is 93.6 Å². The van der Waals surface area contributed by atoms with E-state index in [9.17, 15) is 19.5 Å². The standard InChI is InChI=1S/C34H44N4O5/c1-5-35-32(41)29-14-10-9-13-28(29)27-17-15-25(16-18-27)21-36-33(42)30(23-43-22-26-11-7-6-8-12-26)38-31(40)19-34(3,4)37-20-24(2)39/h6-18,24,30,37,39H,5,19-23H2,1-4H3,(H,35,41)(H,36,42)(H,38,40)/t24-,30-/m1/s1. The Morgan fingerprint density at radius 2 is 1.56 bits per heavy atom. The lowest BCUT2D eigenvalue weighted by Gasteiger charge is -2.28. The molecule has 0 aromatic heterocycles. The normalized spacial score (nSPS) is 12.7. The molecule has 0 bridgehead atoms. The second kappa shape index (κ2) is 16.6. The number of nitrogens with one attached hydrogen (secondary N) is 4. The van der Waals surface area contributed by atoms with E-state index in [2.05, 4.69) is 21.3 Å². The van der Waals surface area contributed by atoms with Crippen molar-refractivity contribution in [3.8, 4) is 11.1 Å². The van der Waals surface area contributed by atoms with Crippen LogP contribution in [0.15, 0.2) is 78.9 Å². The van der Waals surface area contributed by atoms with Gasteiger partial charge in [-0.1, -0.05) is 72.8 Å². The Bertz CT molecular complexity index is 1330. The van der Waals surface area contributed by atoms with Gasteiger partial charge < -0.3 is 31.1 Å². The molecule has 0 spiro atoms. The fourth-order valence-corrected chi connectivity index (χ4v) is 4.49. The topological polar surface area (TPSA) is 129 Å². The summed E-state index contributed by atoms with van der Waals surface area (Å²) in [4.78, 5) is 38.7. The summed E-state index contributed by atoms with van der Waals surface area (Å²) in [5.41, 5.74) is 3.57. The third-order valence-electron chi connectivity index (χ3n) is 6.77. The van der Waals surface area contributed by atoms with Crippen molar-refractivity contribution in [3.05, 3.63) is 95.6 Å². The zero-order valence-electron chi connectivity index (χ0n) is 25.5. The highest BCUT2D eigenvalue weighted by molar-refractivity contribution is 6.00. The van der Waals surface area contributed by atoms with Crippen LogP contribution in [0, 0.1) is 0 Å². The van der Waals surface area contributed by atoms with Gasteiger partial charge in [-0.25, -0.2) is 0 Å². The Hall–Kier alpha value is -4.05.